The monoisotopic (exact) mass is 360 g/mol. The van der Waals surface area contributed by atoms with Crippen molar-refractivity contribution in [3.8, 4) is 0 Å². The van der Waals surface area contributed by atoms with Crippen molar-refractivity contribution in [3.63, 3.8) is 0 Å². The summed E-state index contributed by atoms with van der Waals surface area (Å²) < 4.78 is 1.37. The summed E-state index contributed by atoms with van der Waals surface area (Å²) >= 11 is 2.95. The Hall–Kier alpha value is -2.22. The van der Waals surface area contributed by atoms with E-state index in [9.17, 15) is 14.7 Å². The van der Waals surface area contributed by atoms with Gasteiger partial charge in [0, 0.05) is 27.9 Å². The van der Waals surface area contributed by atoms with E-state index >= 15 is 0 Å². The molecule has 0 radical (unpaired) electrons. The van der Waals surface area contributed by atoms with Gasteiger partial charge in [0.05, 0.1) is 6.54 Å². The predicted octanol–water partition coefficient (Wildman–Crippen LogP) is 2.52. The Labute approximate surface area is 146 Å². The number of aryl methyl sites for hydroxylation is 1. The van der Waals surface area contributed by atoms with Crippen LogP contribution in [0.3, 0.4) is 0 Å². The Morgan fingerprint density at radius 2 is 2.08 bits per heavy atom. The average Bonchev–Trinajstić information content (AvgIpc) is 3.26. The minimum Gasteiger partial charge on any atom is -0.382 e. The molecule has 0 saturated carbocycles. The highest BCUT2D eigenvalue weighted by Crippen LogP contribution is 2.30. The molecule has 0 aliphatic rings. The molecule has 0 spiro atoms. The second-order valence-electron chi connectivity index (χ2n) is 5.24. The van der Waals surface area contributed by atoms with E-state index in [1.165, 1.54) is 33.3 Å². The van der Waals surface area contributed by atoms with Crippen molar-refractivity contribution in [2.45, 2.75) is 12.6 Å². The summed E-state index contributed by atoms with van der Waals surface area (Å²) in [7, 11) is 1.61. The third-order valence-electron chi connectivity index (χ3n) is 3.56. The highest BCUT2D eigenvalue weighted by Gasteiger charge is 2.15. The van der Waals surface area contributed by atoms with E-state index in [2.05, 4.69) is 5.32 Å². The van der Waals surface area contributed by atoms with Crippen LogP contribution in [0.5, 0.6) is 0 Å². The van der Waals surface area contributed by atoms with Gasteiger partial charge in [-0.1, -0.05) is 6.07 Å². The fourth-order valence-electron chi connectivity index (χ4n) is 2.26. The molecule has 0 fully saturated rings. The van der Waals surface area contributed by atoms with E-state index in [-0.39, 0.29) is 11.1 Å². The van der Waals surface area contributed by atoms with Gasteiger partial charge in [0.15, 0.2) is 0 Å². The average molecular weight is 360 g/mol. The van der Waals surface area contributed by atoms with Crippen LogP contribution in [0.2, 0.25) is 0 Å². The number of hydrogen-bond acceptors (Lipinski definition) is 5. The summed E-state index contributed by atoms with van der Waals surface area (Å²) in [5.74, 6) is -0.398. The van der Waals surface area contributed by atoms with Gasteiger partial charge >= 0.3 is 0 Å². The Kier molecular flexibility index (Phi) is 4.94. The Morgan fingerprint density at radius 3 is 2.83 bits per heavy atom. The Balaban J connectivity index is 1.66. The first kappa shape index (κ1) is 16.6. The van der Waals surface area contributed by atoms with Crippen molar-refractivity contribution in [2.24, 2.45) is 7.05 Å². The molecule has 0 saturated heterocycles. The van der Waals surface area contributed by atoms with E-state index in [0.717, 1.165) is 14.6 Å². The van der Waals surface area contributed by atoms with Gasteiger partial charge in [-0.25, -0.2) is 0 Å². The van der Waals surface area contributed by atoms with Gasteiger partial charge in [-0.3, -0.25) is 9.59 Å². The first-order valence-corrected chi connectivity index (χ1v) is 9.00. The molecule has 7 heteroatoms. The Morgan fingerprint density at radius 1 is 1.25 bits per heavy atom. The van der Waals surface area contributed by atoms with Crippen molar-refractivity contribution in [2.75, 3.05) is 0 Å². The summed E-state index contributed by atoms with van der Waals surface area (Å²) in [6.07, 6.45) is 0.970. The van der Waals surface area contributed by atoms with Gasteiger partial charge < -0.3 is 15.0 Å². The highest BCUT2D eigenvalue weighted by molar-refractivity contribution is 7.12. The van der Waals surface area contributed by atoms with Crippen LogP contribution >= 0.6 is 22.7 Å². The molecule has 1 amide bonds. The molecule has 3 heterocycles. The van der Waals surface area contributed by atoms with Crippen molar-refractivity contribution in [1.29, 1.82) is 0 Å². The van der Waals surface area contributed by atoms with Crippen molar-refractivity contribution < 1.29 is 9.90 Å². The van der Waals surface area contributed by atoms with Crippen molar-refractivity contribution >= 4 is 28.6 Å². The van der Waals surface area contributed by atoms with Crippen LogP contribution in [0.25, 0.3) is 0 Å². The standard InChI is InChI=1S/C17H16N2O3S2/c1-19-8-2-4-12(17(19)22)16(21)18-10-11-6-7-14(24-11)15(20)13-5-3-9-23-13/h2-9,15,20H,10H2,1H3,(H,18,21)/t15-/m1/s1. The molecule has 3 aromatic heterocycles. The number of thiophene rings is 2. The van der Waals surface area contributed by atoms with Gasteiger partial charge in [-0.2, -0.15) is 0 Å². The molecular weight excluding hydrogens is 344 g/mol. The molecule has 0 bridgehead atoms. The lowest BCUT2D eigenvalue weighted by Gasteiger charge is -2.06. The normalized spacial score (nSPS) is 12.1. The third-order valence-corrected chi connectivity index (χ3v) is 5.62. The lowest BCUT2D eigenvalue weighted by Crippen LogP contribution is -2.31. The minimum absolute atomic E-state index is 0.121. The first-order valence-electron chi connectivity index (χ1n) is 7.30. The summed E-state index contributed by atoms with van der Waals surface area (Å²) in [5.41, 5.74) is -0.203. The summed E-state index contributed by atoms with van der Waals surface area (Å²) in [6, 6.07) is 10.7. The fourth-order valence-corrected chi connectivity index (χ4v) is 4.02. The molecule has 5 nitrogen and oxygen atoms in total. The lowest BCUT2D eigenvalue weighted by molar-refractivity contribution is 0.0949. The number of aliphatic hydroxyl groups is 1. The molecule has 0 unspecified atom stereocenters. The largest absolute Gasteiger partial charge is 0.382 e. The predicted molar refractivity (Wildman–Crippen MR) is 95.6 cm³/mol. The summed E-state index contributed by atoms with van der Waals surface area (Å²) in [4.78, 5) is 26.7. The number of carbonyl (C=O) groups is 1. The van der Waals surface area contributed by atoms with Crippen LogP contribution in [-0.2, 0) is 13.6 Å². The number of aliphatic hydroxyl groups excluding tert-OH is 1. The van der Waals surface area contributed by atoms with E-state index in [4.69, 9.17) is 0 Å². The topological polar surface area (TPSA) is 71.3 Å². The van der Waals surface area contributed by atoms with Crippen molar-refractivity contribution in [1.82, 2.24) is 9.88 Å². The van der Waals surface area contributed by atoms with Crippen LogP contribution < -0.4 is 10.9 Å². The van der Waals surface area contributed by atoms with Gasteiger partial charge in [0.2, 0.25) is 0 Å². The van der Waals surface area contributed by atoms with E-state index in [0.29, 0.717) is 6.54 Å². The fraction of sp³-hybridized carbons (Fsp3) is 0.176. The lowest BCUT2D eigenvalue weighted by atomic mass is 10.2. The molecule has 0 aliphatic carbocycles. The number of nitrogens with zero attached hydrogens (tertiary/aromatic N) is 1. The highest BCUT2D eigenvalue weighted by atomic mass is 32.1. The number of nitrogens with one attached hydrogen (secondary N) is 1. The second-order valence-corrected chi connectivity index (χ2v) is 7.42. The summed E-state index contributed by atoms with van der Waals surface area (Å²) in [5, 5.41) is 15.0. The number of amides is 1. The molecule has 1 atom stereocenters. The quantitative estimate of drug-likeness (QED) is 0.734. The van der Waals surface area contributed by atoms with Crippen LogP contribution in [0, 0.1) is 0 Å². The molecule has 124 valence electrons. The van der Waals surface area contributed by atoms with Crippen LogP contribution in [0.4, 0.5) is 0 Å². The summed E-state index contributed by atoms with van der Waals surface area (Å²) in [6.45, 7) is 0.318. The second kappa shape index (κ2) is 7.12. The number of aromatic nitrogens is 1. The Bertz CT molecular complexity index is 897. The minimum atomic E-state index is -0.638. The van der Waals surface area contributed by atoms with E-state index in [1.807, 2.05) is 29.6 Å². The zero-order valence-corrected chi connectivity index (χ0v) is 14.6. The van der Waals surface area contributed by atoms with Crippen molar-refractivity contribution in [3.05, 3.63) is 78.5 Å². The molecule has 0 aliphatic heterocycles. The number of rotatable bonds is 5. The molecule has 3 rings (SSSR count). The molecule has 2 N–H and O–H groups in total. The number of carbonyl (C=O) groups excluding carboxylic acids is 1. The van der Waals surface area contributed by atoms with E-state index < -0.39 is 12.0 Å². The first-order chi connectivity index (χ1) is 11.6. The number of hydrogen-bond donors (Lipinski definition) is 2. The van der Waals surface area contributed by atoms with Crippen LogP contribution in [0.15, 0.2) is 52.8 Å². The van der Waals surface area contributed by atoms with Crippen LogP contribution in [0.1, 0.15) is 31.1 Å². The van der Waals surface area contributed by atoms with Crippen LogP contribution in [-0.4, -0.2) is 15.6 Å². The number of pyridine rings is 1. The van der Waals surface area contributed by atoms with Gasteiger partial charge in [0.25, 0.3) is 11.5 Å². The maximum atomic E-state index is 12.2. The molecule has 24 heavy (non-hydrogen) atoms. The van der Waals surface area contributed by atoms with E-state index in [1.54, 1.807) is 19.3 Å². The molecule has 0 aromatic carbocycles. The third kappa shape index (κ3) is 3.48. The van der Waals surface area contributed by atoms with Gasteiger partial charge in [-0.05, 0) is 35.7 Å². The van der Waals surface area contributed by atoms with Gasteiger partial charge in [-0.15, -0.1) is 22.7 Å². The zero-order valence-electron chi connectivity index (χ0n) is 12.9. The maximum Gasteiger partial charge on any atom is 0.263 e. The molecule has 3 aromatic rings. The zero-order chi connectivity index (χ0) is 17.1. The SMILES string of the molecule is Cn1cccc(C(=O)NCc2ccc([C@H](O)c3cccs3)s2)c1=O. The van der Waals surface area contributed by atoms with Gasteiger partial charge in [0.1, 0.15) is 11.7 Å². The molecular formula is C17H16N2O3S2. The maximum absolute atomic E-state index is 12.2. The smallest absolute Gasteiger partial charge is 0.263 e.